The summed E-state index contributed by atoms with van der Waals surface area (Å²) in [7, 11) is 1.56. The van der Waals surface area contributed by atoms with Gasteiger partial charge < -0.3 is 10.2 Å². The zero-order chi connectivity index (χ0) is 9.14. The lowest BCUT2D eigenvalue weighted by Gasteiger charge is -1.91. The number of aromatic nitrogens is 2. The first-order valence-electron chi connectivity index (χ1n) is 3.52. The molecule has 0 saturated carbocycles. The van der Waals surface area contributed by atoms with Crippen molar-refractivity contribution in [3.8, 4) is 0 Å². The summed E-state index contributed by atoms with van der Waals surface area (Å²) in [5.74, 6) is -1.01. The Morgan fingerprint density at radius 3 is 2.83 bits per heavy atom. The Bertz CT molecular complexity index is 293. The first kappa shape index (κ1) is 8.73. The molecule has 1 rings (SSSR count). The van der Waals surface area contributed by atoms with Crippen LogP contribution in [0.5, 0.6) is 0 Å². The van der Waals surface area contributed by atoms with E-state index in [4.69, 9.17) is 10.2 Å². The molecule has 0 spiro atoms. The maximum Gasteiger partial charge on any atom is 0.354 e. The summed E-state index contributed by atoms with van der Waals surface area (Å²) in [5.41, 5.74) is 0.732. The second-order valence-electron chi connectivity index (χ2n) is 2.42. The van der Waals surface area contributed by atoms with E-state index in [1.54, 1.807) is 7.05 Å². The number of carboxylic acid groups (broad SMARTS) is 1. The number of aliphatic hydroxyl groups excluding tert-OH is 1. The molecule has 1 aromatic heterocycles. The second kappa shape index (κ2) is 3.36. The standard InChI is InChI=1S/C7H10N2O3/c1-9-6(7(11)12)4-5(8-9)2-3-10/h4,10H,2-3H2,1H3,(H,11,12). The third-order valence-electron chi connectivity index (χ3n) is 1.52. The molecule has 1 heterocycles. The van der Waals surface area contributed by atoms with Gasteiger partial charge in [0.05, 0.1) is 5.69 Å². The Balaban J connectivity index is 2.92. The number of aliphatic hydroxyl groups is 1. The fraction of sp³-hybridized carbons (Fsp3) is 0.429. The van der Waals surface area contributed by atoms with Crippen LogP contribution in [-0.4, -0.2) is 32.6 Å². The minimum Gasteiger partial charge on any atom is -0.477 e. The molecule has 0 amide bonds. The Hall–Kier alpha value is -1.36. The van der Waals surface area contributed by atoms with Gasteiger partial charge in [-0.1, -0.05) is 0 Å². The summed E-state index contributed by atoms with van der Waals surface area (Å²) in [6.45, 7) is -0.0178. The van der Waals surface area contributed by atoms with Gasteiger partial charge in [-0.2, -0.15) is 5.10 Å². The molecule has 5 heteroatoms. The number of hydrogen-bond acceptors (Lipinski definition) is 3. The molecule has 0 bridgehead atoms. The molecule has 0 saturated heterocycles. The van der Waals surface area contributed by atoms with E-state index in [-0.39, 0.29) is 12.3 Å². The first-order valence-corrected chi connectivity index (χ1v) is 3.52. The van der Waals surface area contributed by atoms with Crippen molar-refractivity contribution < 1.29 is 15.0 Å². The van der Waals surface area contributed by atoms with E-state index in [0.717, 1.165) is 0 Å². The van der Waals surface area contributed by atoms with Gasteiger partial charge in [0.25, 0.3) is 0 Å². The molecule has 0 aromatic carbocycles. The Kier molecular flexibility index (Phi) is 2.44. The molecule has 66 valence electrons. The lowest BCUT2D eigenvalue weighted by molar-refractivity contribution is 0.0685. The zero-order valence-electron chi connectivity index (χ0n) is 6.69. The highest BCUT2D eigenvalue weighted by Crippen LogP contribution is 2.02. The Morgan fingerprint density at radius 1 is 1.75 bits per heavy atom. The summed E-state index contributed by atoms with van der Waals surface area (Å²) in [4.78, 5) is 10.5. The van der Waals surface area contributed by atoms with Crippen LogP contribution in [-0.2, 0) is 13.5 Å². The van der Waals surface area contributed by atoms with Gasteiger partial charge in [0.1, 0.15) is 5.69 Å². The third kappa shape index (κ3) is 1.62. The van der Waals surface area contributed by atoms with E-state index in [1.165, 1.54) is 10.7 Å². The summed E-state index contributed by atoms with van der Waals surface area (Å²) in [6, 6.07) is 1.46. The number of carbonyl (C=O) groups is 1. The average molecular weight is 170 g/mol. The van der Waals surface area contributed by atoms with Gasteiger partial charge in [-0.15, -0.1) is 0 Å². The smallest absolute Gasteiger partial charge is 0.354 e. The van der Waals surface area contributed by atoms with E-state index < -0.39 is 5.97 Å². The molecule has 2 N–H and O–H groups in total. The van der Waals surface area contributed by atoms with Crippen LogP contribution in [0.3, 0.4) is 0 Å². The molecule has 0 aliphatic heterocycles. The second-order valence-corrected chi connectivity index (χ2v) is 2.42. The molecule has 0 atom stereocenters. The van der Waals surface area contributed by atoms with Gasteiger partial charge >= 0.3 is 5.97 Å². The van der Waals surface area contributed by atoms with Crippen molar-refractivity contribution in [3.05, 3.63) is 17.5 Å². The number of aromatic carboxylic acids is 1. The van der Waals surface area contributed by atoms with Crippen LogP contribution in [0.15, 0.2) is 6.07 Å². The number of rotatable bonds is 3. The van der Waals surface area contributed by atoms with Crippen LogP contribution in [0.2, 0.25) is 0 Å². The van der Waals surface area contributed by atoms with Crippen molar-refractivity contribution in [1.82, 2.24) is 9.78 Å². The normalized spacial score (nSPS) is 10.2. The highest BCUT2D eigenvalue weighted by Gasteiger charge is 2.10. The van der Waals surface area contributed by atoms with Crippen molar-refractivity contribution in [1.29, 1.82) is 0 Å². The summed E-state index contributed by atoms with van der Waals surface area (Å²) < 4.78 is 1.29. The fourth-order valence-corrected chi connectivity index (χ4v) is 0.964. The number of hydrogen-bond donors (Lipinski definition) is 2. The maximum absolute atomic E-state index is 10.5. The van der Waals surface area contributed by atoms with Gasteiger partial charge in [-0.3, -0.25) is 4.68 Å². The van der Waals surface area contributed by atoms with E-state index in [9.17, 15) is 4.79 Å². The SMILES string of the molecule is Cn1nc(CCO)cc1C(=O)O. The summed E-state index contributed by atoms with van der Waals surface area (Å²) in [5, 5.41) is 21.1. The minimum atomic E-state index is -1.01. The Labute approximate surface area is 69.2 Å². The molecule has 12 heavy (non-hydrogen) atoms. The van der Waals surface area contributed by atoms with Gasteiger partial charge in [0.15, 0.2) is 0 Å². The van der Waals surface area contributed by atoms with Gasteiger partial charge in [-0.05, 0) is 6.07 Å². The van der Waals surface area contributed by atoms with Crippen LogP contribution in [0, 0.1) is 0 Å². The summed E-state index contributed by atoms with van der Waals surface area (Å²) >= 11 is 0. The van der Waals surface area contributed by atoms with Gasteiger partial charge in [0, 0.05) is 20.1 Å². The number of carboxylic acids is 1. The molecular formula is C7H10N2O3. The van der Waals surface area contributed by atoms with Crippen LogP contribution < -0.4 is 0 Å². The van der Waals surface area contributed by atoms with E-state index >= 15 is 0 Å². The van der Waals surface area contributed by atoms with Crippen molar-refractivity contribution in [2.45, 2.75) is 6.42 Å². The molecule has 0 radical (unpaired) electrons. The largest absolute Gasteiger partial charge is 0.477 e. The van der Waals surface area contributed by atoms with Crippen molar-refractivity contribution >= 4 is 5.97 Å². The molecule has 0 fully saturated rings. The summed E-state index contributed by atoms with van der Waals surface area (Å²) in [6.07, 6.45) is 0.390. The van der Waals surface area contributed by atoms with Crippen molar-refractivity contribution in [2.24, 2.45) is 7.05 Å². The topological polar surface area (TPSA) is 75.3 Å². The van der Waals surface area contributed by atoms with Crippen LogP contribution in [0.4, 0.5) is 0 Å². The Morgan fingerprint density at radius 2 is 2.42 bits per heavy atom. The molecule has 0 unspecified atom stereocenters. The van der Waals surface area contributed by atoms with Crippen molar-refractivity contribution in [3.63, 3.8) is 0 Å². The zero-order valence-corrected chi connectivity index (χ0v) is 6.69. The van der Waals surface area contributed by atoms with Gasteiger partial charge in [0.2, 0.25) is 0 Å². The average Bonchev–Trinajstić information content (AvgIpc) is 2.32. The molecule has 1 aromatic rings. The van der Waals surface area contributed by atoms with Crippen LogP contribution in [0.1, 0.15) is 16.2 Å². The minimum absolute atomic E-state index is 0.0178. The number of aryl methyl sites for hydroxylation is 1. The van der Waals surface area contributed by atoms with E-state index in [1.807, 2.05) is 0 Å². The molecule has 0 aliphatic carbocycles. The highest BCUT2D eigenvalue weighted by atomic mass is 16.4. The van der Waals surface area contributed by atoms with Gasteiger partial charge in [-0.25, -0.2) is 4.79 Å². The first-order chi connectivity index (χ1) is 5.65. The monoisotopic (exact) mass is 170 g/mol. The predicted octanol–water partition coefficient (Wildman–Crippen LogP) is -0.347. The molecule has 5 nitrogen and oxygen atoms in total. The number of nitrogens with zero attached hydrogens (tertiary/aromatic N) is 2. The van der Waals surface area contributed by atoms with Crippen LogP contribution in [0.25, 0.3) is 0 Å². The lowest BCUT2D eigenvalue weighted by Crippen LogP contribution is -2.04. The van der Waals surface area contributed by atoms with E-state index in [2.05, 4.69) is 5.10 Å². The quantitative estimate of drug-likeness (QED) is 0.650. The van der Waals surface area contributed by atoms with E-state index in [0.29, 0.717) is 12.1 Å². The third-order valence-corrected chi connectivity index (χ3v) is 1.52. The van der Waals surface area contributed by atoms with Crippen LogP contribution >= 0.6 is 0 Å². The highest BCUT2D eigenvalue weighted by molar-refractivity contribution is 5.85. The molecular weight excluding hydrogens is 160 g/mol. The predicted molar refractivity (Wildman–Crippen MR) is 41.0 cm³/mol. The molecule has 0 aliphatic rings. The maximum atomic E-state index is 10.5. The van der Waals surface area contributed by atoms with Crippen molar-refractivity contribution in [2.75, 3.05) is 6.61 Å². The fourth-order valence-electron chi connectivity index (χ4n) is 0.964. The lowest BCUT2D eigenvalue weighted by atomic mass is 10.3.